The molecule has 2 amide bonds. The Morgan fingerprint density at radius 1 is 1.14 bits per heavy atom. The van der Waals surface area contributed by atoms with Gasteiger partial charge in [0, 0.05) is 18.7 Å². The zero-order chi connectivity index (χ0) is 19.9. The number of thioether (sulfide) groups is 1. The van der Waals surface area contributed by atoms with Gasteiger partial charge in [0.2, 0.25) is 5.91 Å². The fourth-order valence-electron chi connectivity index (χ4n) is 2.84. The number of rotatable bonds is 7. The summed E-state index contributed by atoms with van der Waals surface area (Å²) >= 11 is 6.68. The van der Waals surface area contributed by atoms with Gasteiger partial charge in [-0.3, -0.25) is 14.5 Å². The molecule has 1 aliphatic heterocycles. The van der Waals surface area contributed by atoms with E-state index in [0.717, 1.165) is 17.7 Å². The first-order valence-corrected chi connectivity index (χ1v) is 10.5. The van der Waals surface area contributed by atoms with Crippen LogP contribution in [0.3, 0.4) is 0 Å². The van der Waals surface area contributed by atoms with E-state index < -0.39 is 0 Å². The molecule has 0 saturated carbocycles. The molecule has 0 atom stereocenters. The van der Waals surface area contributed by atoms with Gasteiger partial charge >= 0.3 is 0 Å². The molecule has 1 heterocycles. The number of aryl methyl sites for hydroxylation is 1. The largest absolute Gasteiger partial charge is 0.326 e. The molecule has 0 spiro atoms. The van der Waals surface area contributed by atoms with Crippen LogP contribution in [0.5, 0.6) is 0 Å². The van der Waals surface area contributed by atoms with Gasteiger partial charge in [0.05, 0.1) is 4.91 Å². The normalized spacial score (nSPS) is 15.3. The molecule has 4 nitrogen and oxygen atoms in total. The minimum absolute atomic E-state index is 0.0665. The summed E-state index contributed by atoms with van der Waals surface area (Å²) in [5, 5.41) is 2.85. The molecule has 0 aliphatic carbocycles. The molecule has 1 saturated heterocycles. The zero-order valence-electron chi connectivity index (χ0n) is 15.7. The molecule has 28 heavy (non-hydrogen) atoms. The van der Waals surface area contributed by atoms with E-state index in [2.05, 4.69) is 24.4 Å². The summed E-state index contributed by atoms with van der Waals surface area (Å²) in [6, 6.07) is 17.5. The Labute approximate surface area is 175 Å². The SMILES string of the molecule is CCc1ccc(C=C2SC(=S)N(CCCC(=O)Nc3ccccc3)C2=O)cc1. The van der Waals surface area contributed by atoms with Crippen LogP contribution in [-0.2, 0) is 16.0 Å². The molecule has 1 N–H and O–H groups in total. The van der Waals surface area contributed by atoms with E-state index in [-0.39, 0.29) is 11.8 Å². The lowest BCUT2D eigenvalue weighted by Gasteiger charge is -2.14. The average Bonchev–Trinajstić information content (AvgIpc) is 2.96. The Hall–Kier alpha value is -2.44. The van der Waals surface area contributed by atoms with Gasteiger partial charge in [-0.15, -0.1) is 0 Å². The van der Waals surface area contributed by atoms with Crippen molar-refractivity contribution in [3.63, 3.8) is 0 Å². The van der Waals surface area contributed by atoms with Gasteiger partial charge in [0.1, 0.15) is 4.32 Å². The number of anilines is 1. The van der Waals surface area contributed by atoms with Crippen LogP contribution in [0.25, 0.3) is 6.08 Å². The number of thiocarbonyl (C=S) groups is 1. The zero-order valence-corrected chi connectivity index (χ0v) is 17.3. The van der Waals surface area contributed by atoms with E-state index in [1.165, 1.54) is 17.3 Å². The number of carbonyl (C=O) groups excluding carboxylic acids is 2. The predicted octanol–water partition coefficient (Wildman–Crippen LogP) is 4.87. The number of benzene rings is 2. The maximum absolute atomic E-state index is 12.7. The molecule has 0 radical (unpaired) electrons. The van der Waals surface area contributed by atoms with Crippen LogP contribution >= 0.6 is 24.0 Å². The first-order chi connectivity index (χ1) is 13.6. The lowest BCUT2D eigenvalue weighted by molar-refractivity contribution is -0.122. The van der Waals surface area contributed by atoms with Crippen LogP contribution in [-0.4, -0.2) is 27.6 Å². The van der Waals surface area contributed by atoms with Crippen molar-refractivity contribution in [1.82, 2.24) is 4.90 Å². The smallest absolute Gasteiger partial charge is 0.266 e. The lowest BCUT2D eigenvalue weighted by Crippen LogP contribution is -2.29. The number of nitrogens with one attached hydrogen (secondary N) is 1. The number of carbonyl (C=O) groups is 2. The number of para-hydroxylation sites is 1. The molecule has 144 valence electrons. The second-order valence-corrected chi connectivity index (χ2v) is 8.12. The van der Waals surface area contributed by atoms with E-state index in [1.54, 1.807) is 4.90 Å². The Morgan fingerprint density at radius 2 is 1.86 bits per heavy atom. The van der Waals surface area contributed by atoms with Gasteiger partial charge in [0.15, 0.2) is 0 Å². The minimum atomic E-state index is -0.0852. The van der Waals surface area contributed by atoms with Crippen LogP contribution in [0.4, 0.5) is 5.69 Å². The van der Waals surface area contributed by atoms with Gasteiger partial charge in [-0.1, -0.05) is 73.4 Å². The fourth-order valence-corrected chi connectivity index (χ4v) is 4.14. The number of amides is 2. The van der Waals surface area contributed by atoms with Crippen molar-refractivity contribution in [3.05, 3.63) is 70.6 Å². The number of nitrogens with zero attached hydrogens (tertiary/aromatic N) is 1. The maximum atomic E-state index is 12.7. The average molecular weight is 411 g/mol. The van der Waals surface area contributed by atoms with Gasteiger partial charge in [-0.05, 0) is 42.2 Å². The summed E-state index contributed by atoms with van der Waals surface area (Å²) in [5.41, 5.74) is 3.02. The topological polar surface area (TPSA) is 49.4 Å². The van der Waals surface area contributed by atoms with Gasteiger partial charge in [0.25, 0.3) is 5.91 Å². The fraction of sp³-hybridized carbons (Fsp3) is 0.227. The lowest BCUT2D eigenvalue weighted by atomic mass is 10.1. The molecule has 3 rings (SSSR count). The third-order valence-electron chi connectivity index (χ3n) is 4.40. The van der Waals surface area contributed by atoms with E-state index in [1.807, 2.05) is 48.5 Å². The number of hydrogen-bond acceptors (Lipinski definition) is 4. The molecule has 0 bridgehead atoms. The van der Waals surface area contributed by atoms with Crippen molar-refractivity contribution < 1.29 is 9.59 Å². The molecule has 1 aliphatic rings. The molecule has 2 aromatic rings. The Kier molecular flexibility index (Phi) is 7.01. The van der Waals surface area contributed by atoms with Crippen LogP contribution in [0.15, 0.2) is 59.5 Å². The van der Waals surface area contributed by atoms with Crippen LogP contribution in [0.2, 0.25) is 0 Å². The minimum Gasteiger partial charge on any atom is -0.326 e. The molecule has 1 fully saturated rings. The van der Waals surface area contributed by atoms with Gasteiger partial charge in [-0.25, -0.2) is 0 Å². The monoisotopic (exact) mass is 410 g/mol. The summed E-state index contributed by atoms with van der Waals surface area (Å²) in [6.07, 6.45) is 3.76. The van der Waals surface area contributed by atoms with Gasteiger partial charge in [-0.2, -0.15) is 0 Å². The summed E-state index contributed by atoms with van der Waals surface area (Å²) in [7, 11) is 0. The first kappa shape index (κ1) is 20.3. The van der Waals surface area contributed by atoms with Crippen molar-refractivity contribution in [2.24, 2.45) is 0 Å². The maximum Gasteiger partial charge on any atom is 0.266 e. The molecule has 2 aromatic carbocycles. The van der Waals surface area contributed by atoms with Crippen LogP contribution in [0, 0.1) is 0 Å². The molecule has 0 aromatic heterocycles. The van der Waals surface area contributed by atoms with Crippen molar-refractivity contribution in [2.75, 3.05) is 11.9 Å². The highest BCUT2D eigenvalue weighted by molar-refractivity contribution is 8.26. The molecular formula is C22H22N2O2S2. The summed E-state index contributed by atoms with van der Waals surface area (Å²) < 4.78 is 0.546. The predicted molar refractivity (Wildman–Crippen MR) is 120 cm³/mol. The van der Waals surface area contributed by atoms with Crippen LogP contribution in [0.1, 0.15) is 30.9 Å². The quantitative estimate of drug-likeness (QED) is 0.523. The highest BCUT2D eigenvalue weighted by atomic mass is 32.2. The Balaban J connectivity index is 1.53. The van der Waals surface area contributed by atoms with Crippen molar-refractivity contribution in [3.8, 4) is 0 Å². The van der Waals surface area contributed by atoms with E-state index in [4.69, 9.17) is 12.2 Å². The molecule has 6 heteroatoms. The number of hydrogen-bond donors (Lipinski definition) is 1. The van der Waals surface area contributed by atoms with Crippen molar-refractivity contribution in [1.29, 1.82) is 0 Å². The van der Waals surface area contributed by atoms with Crippen molar-refractivity contribution in [2.45, 2.75) is 26.2 Å². The molecular weight excluding hydrogens is 388 g/mol. The Bertz CT molecular complexity index is 893. The second kappa shape index (κ2) is 9.66. The van der Waals surface area contributed by atoms with Gasteiger partial charge < -0.3 is 5.32 Å². The summed E-state index contributed by atoms with van der Waals surface area (Å²) in [4.78, 5) is 26.9. The third kappa shape index (κ3) is 5.30. The summed E-state index contributed by atoms with van der Waals surface area (Å²) in [6.45, 7) is 2.55. The van der Waals surface area contributed by atoms with E-state index in [9.17, 15) is 9.59 Å². The van der Waals surface area contributed by atoms with Crippen molar-refractivity contribution >= 4 is 51.9 Å². The second-order valence-electron chi connectivity index (χ2n) is 6.45. The summed E-state index contributed by atoms with van der Waals surface area (Å²) in [5.74, 6) is -0.152. The first-order valence-electron chi connectivity index (χ1n) is 9.26. The van der Waals surface area contributed by atoms with E-state index in [0.29, 0.717) is 28.6 Å². The highest BCUT2D eigenvalue weighted by Crippen LogP contribution is 2.32. The highest BCUT2D eigenvalue weighted by Gasteiger charge is 2.31. The van der Waals surface area contributed by atoms with Crippen LogP contribution < -0.4 is 5.32 Å². The standard InChI is InChI=1S/C22H22N2O2S2/c1-2-16-10-12-17(13-11-16)15-19-21(26)24(22(27)28-19)14-6-9-20(25)23-18-7-4-3-5-8-18/h3-5,7-8,10-13,15H,2,6,9,14H2,1H3,(H,23,25). The van der Waals surface area contributed by atoms with E-state index >= 15 is 0 Å². The Morgan fingerprint density at radius 3 is 2.54 bits per heavy atom. The molecule has 0 unspecified atom stereocenters. The third-order valence-corrected chi connectivity index (χ3v) is 5.78.